The van der Waals surface area contributed by atoms with E-state index in [0.29, 0.717) is 28.6 Å². The van der Waals surface area contributed by atoms with E-state index in [4.69, 9.17) is 21.8 Å². The molecule has 1 aromatic heterocycles. The highest BCUT2D eigenvalue weighted by atomic mass is 35.5. The molecule has 4 nitrogen and oxygen atoms in total. The number of furan rings is 1. The molecule has 0 unspecified atom stereocenters. The molecule has 5 heteroatoms. The highest BCUT2D eigenvalue weighted by Crippen LogP contribution is 2.24. The van der Waals surface area contributed by atoms with E-state index in [1.165, 1.54) is 0 Å². The Kier molecular flexibility index (Phi) is 4.28. The van der Waals surface area contributed by atoms with Gasteiger partial charge in [0, 0.05) is 29.9 Å². The predicted octanol–water partition coefficient (Wildman–Crippen LogP) is 3.71. The fourth-order valence-electron chi connectivity index (χ4n) is 2.34. The van der Waals surface area contributed by atoms with Gasteiger partial charge in [-0.3, -0.25) is 4.79 Å². The summed E-state index contributed by atoms with van der Waals surface area (Å²) in [6.45, 7) is 5.94. The van der Waals surface area contributed by atoms with E-state index < -0.39 is 0 Å². The maximum Gasteiger partial charge on any atom is 0.257 e. The van der Waals surface area contributed by atoms with Gasteiger partial charge in [-0.05, 0) is 44.5 Å². The number of nitrogens with two attached hydrogens (primary N) is 1. The monoisotopic (exact) mass is 306 g/mol. The first-order valence-electron chi connectivity index (χ1n) is 6.67. The van der Waals surface area contributed by atoms with Gasteiger partial charge in [-0.15, -0.1) is 0 Å². The molecule has 0 aliphatic rings. The van der Waals surface area contributed by atoms with Crippen LogP contribution in [0.1, 0.15) is 33.0 Å². The molecule has 1 amide bonds. The number of nitrogen functional groups attached to an aromatic ring is 1. The molecule has 0 spiro atoms. The molecule has 0 saturated carbocycles. The number of rotatable bonds is 3. The van der Waals surface area contributed by atoms with Crippen LogP contribution in [-0.2, 0) is 6.54 Å². The van der Waals surface area contributed by atoms with Crippen LogP contribution in [0.25, 0.3) is 0 Å². The van der Waals surface area contributed by atoms with Gasteiger partial charge in [0.1, 0.15) is 11.5 Å². The molecule has 2 N–H and O–H groups in total. The summed E-state index contributed by atoms with van der Waals surface area (Å²) in [7, 11) is 1.74. The average Bonchev–Trinajstić information content (AvgIpc) is 2.67. The Morgan fingerprint density at radius 2 is 1.95 bits per heavy atom. The second kappa shape index (κ2) is 5.82. The maximum atomic E-state index is 12.6. The average molecular weight is 307 g/mol. The Morgan fingerprint density at radius 1 is 1.29 bits per heavy atom. The van der Waals surface area contributed by atoms with Crippen molar-refractivity contribution in [3.8, 4) is 0 Å². The van der Waals surface area contributed by atoms with E-state index in [2.05, 4.69) is 0 Å². The first kappa shape index (κ1) is 15.4. The van der Waals surface area contributed by atoms with Crippen molar-refractivity contribution < 1.29 is 9.21 Å². The number of nitrogens with zero attached hydrogens (tertiary/aromatic N) is 1. The third kappa shape index (κ3) is 3.05. The van der Waals surface area contributed by atoms with Crippen LogP contribution >= 0.6 is 11.6 Å². The first-order chi connectivity index (χ1) is 9.81. The van der Waals surface area contributed by atoms with E-state index in [-0.39, 0.29) is 5.91 Å². The molecular formula is C16H19ClN2O2. The molecule has 0 atom stereocenters. The Balaban J connectivity index is 2.26. The minimum Gasteiger partial charge on any atom is -0.466 e. The first-order valence-corrected chi connectivity index (χ1v) is 7.05. The van der Waals surface area contributed by atoms with Crippen LogP contribution in [0, 0.1) is 20.8 Å². The topological polar surface area (TPSA) is 59.5 Å². The van der Waals surface area contributed by atoms with Gasteiger partial charge >= 0.3 is 0 Å². The van der Waals surface area contributed by atoms with Gasteiger partial charge in [-0.25, -0.2) is 0 Å². The minimum atomic E-state index is -0.0830. The zero-order valence-electron chi connectivity index (χ0n) is 12.7. The molecule has 0 aliphatic heterocycles. The molecule has 0 aliphatic carbocycles. The van der Waals surface area contributed by atoms with E-state index in [9.17, 15) is 4.79 Å². The highest BCUT2D eigenvalue weighted by Gasteiger charge is 2.22. The molecule has 0 saturated heterocycles. The normalized spacial score (nSPS) is 10.7. The van der Waals surface area contributed by atoms with Gasteiger partial charge in [-0.1, -0.05) is 11.6 Å². The van der Waals surface area contributed by atoms with E-state index in [1.807, 2.05) is 13.8 Å². The lowest BCUT2D eigenvalue weighted by atomic mass is 10.1. The van der Waals surface area contributed by atoms with Gasteiger partial charge in [0.05, 0.1) is 5.56 Å². The molecular weight excluding hydrogens is 288 g/mol. The van der Waals surface area contributed by atoms with E-state index in [0.717, 1.165) is 16.9 Å². The zero-order chi connectivity index (χ0) is 15.7. The van der Waals surface area contributed by atoms with Crippen molar-refractivity contribution in [1.82, 2.24) is 4.90 Å². The third-order valence-electron chi connectivity index (χ3n) is 3.60. The van der Waals surface area contributed by atoms with Crippen molar-refractivity contribution in [2.24, 2.45) is 0 Å². The number of amides is 1. The van der Waals surface area contributed by atoms with E-state index >= 15 is 0 Å². The lowest BCUT2D eigenvalue weighted by Gasteiger charge is -2.18. The fourth-order valence-corrected chi connectivity index (χ4v) is 2.52. The SMILES string of the molecule is Cc1oc(C)c(C(=O)N(C)Cc2cc(N)ccc2Cl)c1C. The fraction of sp³-hybridized carbons (Fsp3) is 0.312. The maximum absolute atomic E-state index is 12.6. The van der Waals surface area contributed by atoms with Gasteiger partial charge in [0.15, 0.2) is 0 Å². The van der Waals surface area contributed by atoms with Gasteiger partial charge in [0.25, 0.3) is 5.91 Å². The lowest BCUT2D eigenvalue weighted by molar-refractivity contribution is 0.0783. The summed E-state index contributed by atoms with van der Waals surface area (Å²) < 4.78 is 5.52. The second-order valence-electron chi connectivity index (χ2n) is 5.23. The third-order valence-corrected chi connectivity index (χ3v) is 3.97. The van der Waals surface area contributed by atoms with Crippen molar-refractivity contribution >= 4 is 23.2 Å². The number of halogens is 1. The molecule has 1 aromatic carbocycles. The van der Waals surface area contributed by atoms with Crippen LogP contribution in [0.15, 0.2) is 22.6 Å². The lowest BCUT2D eigenvalue weighted by Crippen LogP contribution is -2.27. The standard InChI is InChI=1S/C16H19ClN2O2/c1-9-10(2)21-11(3)15(9)16(20)19(4)8-12-7-13(18)5-6-14(12)17/h5-7H,8,18H2,1-4H3. The van der Waals surface area contributed by atoms with Gasteiger partial charge < -0.3 is 15.1 Å². The number of aryl methyl sites for hydroxylation is 2. The summed E-state index contributed by atoms with van der Waals surface area (Å²) in [5.41, 5.74) is 8.71. The molecule has 0 radical (unpaired) electrons. The van der Waals surface area contributed by atoms with Crippen LogP contribution in [-0.4, -0.2) is 17.9 Å². The summed E-state index contributed by atoms with van der Waals surface area (Å²) in [6, 6.07) is 5.26. The predicted molar refractivity (Wildman–Crippen MR) is 84.6 cm³/mol. The summed E-state index contributed by atoms with van der Waals surface area (Å²) in [4.78, 5) is 14.2. The van der Waals surface area contributed by atoms with Gasteiger partial charge in [-0.2, -0.15) is 0 Å². The molecule has 0 fully saturated rings. The van der Waals surface area contributed by atoms with Crippen molar-refractivity contribution in [2.45, 2.75) is 27.3 Å². The quantitative estimate of drug-likeness (QED) is 0.879. The van der Waals surface area contributed by atoms with Crippen LogP contribution in [0.4, 0.5) is 5.69 Å². The van der Waals surface area contributed by atoms with Crippen molar-refractivity contribution in [1.29, 1.82) is 0 Å². The summed E-state index contributed by atoms with van der Waals surface area (Å²) in [5.74, 6) is 1.33. The van der Waals surface area contributed by atoms with Crippen molar-refractivity contribution in [3.63, 3.8) is 0 Å². The zero-order valence-corrected chi connectivity index (χ0v) is 13.4. The van der Waals surface area contributed by atoms with Crippen LogP contribution in [0.2, 0.25) is 5.02 Å². The number of carbonyl (C=O) groups excluding carboxylic acids is 1. The second-order valence-corrected chi connectivity index (χ2v) is 5.63. The molecule has 21 heavy (non-hydrogen) atoms. The number of carbonyl (C=O) groups is 1. The van der Waals surface area contributed by atoms with E-state index in [1.54, 1.807) is 37.1 Å². The Labute approximate surface area is 129 Å². The molecule has 2 aromatic rings. The largest absolute Gasteiger partial charge is 0.466 e. The molecule has 0 bridgehead atoms. The van der Waals surface area contributed by atoms with Gasteiger partial charge in [0.2, 0.25) is 0 Å². The Hall–Kier alpha value is -1.94. The Morgan fingerprint density at radius 3 is 2.52 bits per heavy atom. The summed E-state index contributed by atoms with van der Waals surface area (Å²) >= 11 is 6.15. The summed E-state index contributed by atoms with van der Waals surface area (Å²) in [6.07, 6.45) is 0. The van der Waals surface area contributed by atoms with Crippen molar-refractivity contribution in [2.75, 3.05) is 12.8 Å². The number of hydrogen-bond acceptors (Lipinski definition) is 3. The smallest absolute Gasteiger partial charge is 0.257 e. The number of anilines is 1. The molecule has 2 rings (SSSR count). The summed E-state index contributed by atoms with van der Waals surface area (Å²) in [5, 5.41) is 0.598. The van der Waals surface area contributed by atoms with Crippen LogP contribution in [0.5, 0.6) is 0 Å². The number of hydrogen-bond donors (Lipinski definition) is 1. The highest BCUT2D eigenvalue weighted by molar-refractivity contribution is 6.31. The van der Waals surface area contributed by atoms with Crippen molar-refractivity contribution in [3.05, 3.63) is 51.4 Å². The molecule has 1 heterocycles. The van der Waals surface area contributed by atoms with Crippen LogP contribution < -0.4 is 5.73 Å². The number of benzene rings is 1. The minimum absolute atomic E-state index is 0.0830. The molecule has 112 valence electrons. The van der Waals surface area contributed by atoms with Crippen LogP contribution in [0.3, 0.4) is 0 Å². The Bertz CT molecular complexity index is 692.